The van der Waals surface area contributed by atoms with Gasteiger partial charge >= 0.3 is 0 Å². The highest BCUT2D eigenvalue weighted by molar-refractivity contribution is 6.38. The third-order valence-corrected chi connectivity index (χ3v) is 8.59. The molecule has 2 fully saturated rings. The zero-order valence-electron chi connectivity index (χ0n) is 22.2. The largest absolute Gasteiger partial charge is 0.487 e. The Hall–Kier alpha value is -2.71. The summed E-state index contributed by atoms with van der Waals surface area (Å²) in [7, 11) is 0. The van der Waals surface area contributed by atoms with Gasteiger partial charge in [-0.2, -0.15) is 0 Å². The third kappa shape index (κ3) is 6.77. The number of ether oxygens (including phenoxy) is 1. The minimum absolute atomic E-state index is 0.0691. The van der Waals surface area contributed by atoms with E-state index in [0.717, 1.165) is 75.6 Å². The first kappa shape index (κ1) is 28.8. The number of hydrogen-bond donors (Lipinski definition) is 1. The van der Waals surface area contributed by atoms with E-state index < -0.39 is 17.5 Å². The number of amides is 1. The number of hydrogen-bond acceptors (Lipinski definition) is 4. The Kier molecular flexibility index (Phi) is 9.26. The molecule has 5 nitrogen and oxygen atoms in total. The van der Waals surface area contributed by atoms with Gasteiger partial charge in [0.1, 0.15) is 6.10 Å². The summed E-state index contributed by atoms with van der Waals surface area (Å²) in [5, 5.41) is 0.639. The molecule has 0 saturated carbocycles. The van der Waals surface area contributed by atoms with E-state index in [9.17, 15) is 13.6 Å². The third-order valence-electron chi connectivity index (χ3n) is 7.93. The summed E-state index contributed by atoms with van der Waals surface area (Å²) in [5.74, 6) is -1.77. The van der Waals surface area contributed by atoms with E-state index in [4.69, 9.17) is 33.7 Å². The van der Waals surface area contributed by atoms with Gasteiger partial charge in [0.05, 0.1) is 10.0 Å². The van der Waals surface area contributed by atoms with Gasteiger partial charge in [0.25, 0.3) is 0 Å². The van der Waals surface area contributed by atoms with Crippen LogP contribution in [0.1, 0.15) is 58.6 Å². The zero-order chi connectivity index (χ0) is 28.2. The van der Waals surface area contributed by atoms with Gasteiger partial charge in [-0.1, -0.05) is 59.6 Å². The summed E-state index contributed by atoms with van der Waals surface area (Å²) in [5.41, 5.74) is 8.84. The van der Waals surface area contributed by atoms with Crippen LogP contribution in [0.5, 0.6) is 5.75 Å². The Labute approximate surface area is 243 Å². The topological polar surface area (TPSA) is 58.8 Å². The van der Waals surface area contributed by atoms with Crippen molar-refractivity contribution in [2.24, 2.45) is 5.73 Å². The van der Waals surface area contributed by atoms with Gasteiger partial charge in [0.2, 0.25) is 5.91 Å². The molecule has 0 aromatic heterocycles. The van der Waals surface area contributed by atoms with Crippen molar-refractivity contribution in [3.05, 3.63) is 98.5 Å². The van der Waals surface area contributed by atoms with Crippen LogP contribution >= 0.6 is 23.2 Å². The summed E-state index contributed by atoms with van der Waals surface area (Å²) in [4.78, 5) is 17.0. The van der Waals surface area contributed by atoms with Crippen molar-refractivity contribution in [2.75, 3.05) is 26.2 Å². The number of piperidine rings is 2. The molecule has 2 aliphatic heterocycles. The lowest BCUT2D eigenvalue weighted by Crippen LogP contribution is -2.38. The fourth-order valence-corrected chi connectivity index (χ4v) is 6.49. The van der Waals surface area contributed by atoms with E-state index in [1.165, 1.54) is 11.6 Å². The van der Waals surface area contributed by atoms with Crippen molar-refractivity contribution in [3.8, 4) is 5.75 Å². The van der Waals surface area contributed by atoms with Crippen LogP contribution in [-0.2, 0) is 13.1 Å². The highest BCUT2D eigenvalue weighted by Gasteiger charge is 2.31. The van der Waals surface area contributed by atoms with E-state index in [1.54, 1.807) is 12.1 Å². The maximum absolute atomic E-state index is 13.6. The Morgan fingerprint density at radius 1 is 0.850 bits per heavy atom. The van der Waals surface area contributed by atoms with Crippen LogP contribution < -0.4 is 10.5 Å². The van der Waals surface area contributed by atoms with Crippen LogP contribution in [0.25, 0.3) is 0 Å². The summed E-state index contributed by atoms with van der Waals surface area (Å²) in [6.45, 7) is 4.63. The molecule has 0 unspecified atom stereocenters. The molecule has 2 N–H and O–H groups in total. The second-order valence-electron chi connectivity index (χ2n) is 10.7. The number of carbonyl (C=O) groups is 1. The molecule has 3 aromatic carbocycles. The number of halogens is 4. The molecule has 3 aromatic rings. The predicted octanol–water partition coefficient (Wildman–Crippen LogP) is 6.79. The standard InChI is InChI=1S/C31H33Cl2F2N3O2/c32-25-17-24(31(36)39)28(22-8-12-37(13-9-22)18-20-4-2-1-3-5-20)29(33)30(25)40-23-10-14-38(15-11-23)19-21-6-7-26(34)27(35)16-21/h1-7,16-17,22-23H,8-15,18-19H2,(H2,36,39). The minimum atomic E-state index is -0.843. The Morgan fingerprint density at radius 2 is 1.48 bits per heavy atom. The number of likely N-dealkylation sites (tertiary alicyclic amines) is 2. The van der Waals surface area contributed by atoms with Crippen LogP contribution in [0.2, 0.25) is 10.0 Å². The van der Waals surface area contributed by atoms with E-state index in [-0.39, 0.29) is 17.0 Å². The average Bonchev–Trinajstić information content (AvgIpc) is 2.95. The van der Waals surface area contributed by atoms with Gasteiger partial charge in [-0.15, -0.1) is 0 Å². The van der Waals surface area contributed by atoms with Crippen molar-refractivity contribution in [2.45, 2.75) is 50.8 Å². The second kappa shape index (κ2) is 12.9. The van der Waals surface area contributed by atoms with Crippen molar-refractivity contribution in [3.63, 3.8) is 0 Å². The van der Waals surface area contributed by atoms with E-state index in [1.807, 2.05) is 18.2 Å². The predicted molar refractivity (Wildman–Crippen MR) is 154 cm³/mol. The number of nitrogens with two attached hydrogens (primary N) is 1. The number of primary amides is 1. The molecule has 212 valence electrons. The SMILES string of the molecule is NC(=O)c1cc(Cl)c(OC2CCN(Cc3ccc(F)c(F)c3)CC2)c(Cl)c1C1CCN(Cc2ccccc2)CC1. The number of rotatable bonds is 8. The van der Waals surface area contributed by atoms with Gasteiger partial charge < -0.3 is 10.5 Å². The summed E-state index contributed by atoms with van der Waals surface area (Å²) >= 11 is 13.5. The Morgan fingerprint density at radius 3 is 2.10 bits per heavy atom. The molecule has 0 radical (unpaired) electrons. The first-order chi connectivity index (χ1) is 19.3. The molecule has 0 spiro atoms. The van der Waals surface area contributed by atoms with Crippen LogP contribution in [-0.4, -0.2) is 48.0 Å². The van der Waals surface area contributed by atoms with Crippen LogP contribution in [0, 0.1) is 11.6 Å². The molecular weight excluding hydrogens is 555 g/mol. The molecule has 2 heterocycles. The fraction of sp³-hybridized carbons (Fsp3) is 0.387. The fourth-order valence-electron chi connectivity index (χ4n) is 5.80. The number of benzene rings is 3. The molecule has 0 bridgehead atoms. The maximum atomic E-state index is 13.6. The van der Waals surface area contributed by atoms with Crippen LogP contribution in [0.15, 0.2) is 54.6 Å². The van der Waals surface area contributed by atoms with E-state index in [2.05, 4.69) is 21.9 Å². The average molecular weight is 589 g/mol. The van der Waals surface area contributed by atoms with E-state index in [0.29, 0.717) is 22.9 Å². The smallest absolute Gasteiger partial charge is 0.249 e. The van der Waals surface area contributed by atoms with Gasteiger partial charge in [0, 0.05) is 31.7 Å². The lowest BCUT2D eigenvalue weighted by atomic mass is 9.85. The monoisotopic (exact) mass is 587 g/mol. The molecular formula is C31H33Cl2F2N3O2. The normalized spacial score (nSPS) is 17.7. The van der Waals surface area contributed by atoms with Crippen molar-refractivity contribution in [1.82, 2.24) is 9.80 Å². The van der Waals surface area contributed by atoms with Gasteiger partial charge in [-0.05, 0) is 79.6 Å². The van der Waals surface area contributed by atoms with Gasteiger partial charge in [-0.3, -0.25) is 14.6 Å². The lowest BCUT2D eigenvalue weighted by molar-refractivity contribution is 0.0965. The molecule has 2 saturated heterocycles. The highest BCUT2D eigenvalue weighted by atomic mass is 35.5. The quantitative estimate of drug-likeness (QED) is 0.315. The molecule has 1 amide bonds. The first-order valence-corrected chi connectivity index (χ1v) is 14.4. The van der Waals surface area contributed by atoms with Crippen LogP contribution in [0.4, 0.5) is 8.78 Å². The summed E-state index contributed by atoms with van der Waals surface area (Å²) in [6.07, 6.45) is 3.02. The molecule has 2 aliphatic rings. The Balaban J connectivity index is 1.25. The molecule has 5 rings (SSSR count). The first-order valence-electron chi connectivity index (χ1n) is 13.7. The minimum Gasteiger partial charge on any atom is -0.487 e. The van der Waals surface area contributed by atoms with Gasteiger partial charge in [-0.25, -0.2) is 8.78 Å². The summed E-state index contributed by atoms with van der Waals surface area (Å²) < 4.78 is 33.2. The van der Waals surface area contributed by atoms with Crippen LogP contribution in [0.3, 0.4) is 0 Å². The maximum Gasteiger partial charge on any atom is 0.249 e. The van der Waals surface area contributed by atoms with Gasteiger partial charge in [0.15, 0.2) is 17.4 Å². The molecule has 0 atom stereocenters. The van der Waals surface area contributed by atoms with Crippen molar-refractivity contribution >= 4 is 29.1 Å². The number of carbonyl (C=O) groups excluding carboxylic acids is 1. The van der Waals surface area contributed by atoms with Crippen molar-refractivity contribution < 1.29 is 18.3 Å². The number of nitrogens with zero attached hydrogens (tertiary/aromatic N) is 2. The highest BCUT2D eigenvalue weighted by Crippen LogP contribution is 2.45. The molecule has 40 heavy (non-hydrogen) atoms. The van der Waals surface area contributed by atoms with Crippen molar-refractivity contribution in [1.29, 1.82) is 0 Å². The second-order valence-corrected chi connectivity index (χ2v) is 11.5. The lowest BCUT2D eigenvalue weighted by Gasteiger charge is -2.35. The van der Waals surface area contributed by atoms with E-state index >= 15 is 0 Å². The molecule has 9 heteroatoms. The Bertz CT molecular complexity index is 1340. The molecule has 0 aliphatic carbocycles. The zero-order valence-corrected chi connectivity index (χ0v) is 23.7. The summed E-state index contributed by atoms with van der Waals surface area (Å²) in [6, 6.07) is 16.0.